The van der Waals surface area contributed by atoms with E-state index >= 15 is 17.6 Å². The molecule has 0 aliphatic heterocycles. The van der Waals surface area contributed by atoms with Gasteiger partial charge in [-0.25, -0.2) is 0 Å². The van der Waals surface area contributed by atoms with E-state index in [9.17, 15) is 9.59 Å². The molecule has 0 saturated heterocycles. The van der Waals surface area contributed by atoms with Gasteiger partial charge in [-0.15, -0.1) is 0 Å². The summed E-state index contributed by atoms with van der Waals surface area (Å²) in [5, 5.41) is 0. The normalized spacial score (nSPS) is 15.6. The molecular formula is C40H48Cl2F4N2O2Ti. The molecule has 0 radical (unpaired) electrons. The van der Waals surface area contributed by atoms with Crippen molar-refractivity contribution in [3.05, 3.63) is 96.1 Å². The van der Waals surface area contributed by atoms with Gasteiger partial charge in [-0.05, 0) is 0 Å². The van der Waals surface area contributed by atoms with Gasteiger partial charge in [0.2, 0.25) is 0 Å². The van der Waals surface area contributed by atoms with Crippen molar-refractivity contribution in [2.75, 3.05) is 34.6 Å². The van der Waals surface area contributed by atoms with Crippen molar-refractivity contribution in [2.24, 2.45) is 11.8 Å². The van der Waals surface area contributed by atoms with Crippen molar-refractivity contribution in [2.45, 2.75) is 74.7 Å². The van der Waals surface area contributed by atoms with Crippen molar-refractivity contribution in [3.8, 4) is 0 Å². The molecule has 0 saturated carbocycles. The average molecular weight is 784 g/mol. The van der Waals surface area contributed by atoms with Crippen LogP contribution in [-0.2, 0) is 26.2 Å². The van der Waals surface area contributed by atoms with Crippen LogP contribution in [-0.4, -0.2) is 36.7 Å². The zero-order valence-electron chi connectivity index (χ0n) is 29.8. The number of anilines is 2. The molecular weight excluding hydrogens is 735 g/mol. The standard InChI is InChI=1S/2C15H19ClF2NO.2C5H5.Ti/c2*1-3-5-8-19(15(20)11(4-2)10-16)14-7-6-12(17)9-13(14)18;2*1-2-4-5-3-1;/h2*6-7,11H,3-5,8,10H2,1-2H3;2*1-5H;. The van der Waals surface area contributed by atoms with E-state index < -0.39 is 79.7 Å². The van der Waals surface area contributed by atoms with Crippen molar-refractivity contribution >= 4 is 54.1 Å². The van der Waals surface area contributed by atoms with Crippen molar-refractivity contribution < 1.29 is 43.7 Å². The van der Waals surface area contributed by atoms with E-state index in [1.165, 1.54) is 21.9 Å². The Labute approximate surface area is 313 Å². The minimum atomic E-state index is -5.23. The Hall–Kier alpha value is -2.65. The fourth-order valence-electron chi connectivity index (χ4n) is 7.21. The molecule has 2 atom stereocenters. The second-order valence-corrected chi connectivity index (χ2v) is 20.2. The van der Waals surface area contributed by atoms with Crippen LogP contribution >= 0.6 is 23.2 Å². The fraction of sp³-hybridized carbons (Fsp3) is 0.450. The molecule has 0 spiro atoms. The fourth-order valence-corrected chi connectivity index (χ4v) is 16.7. The average Bonchev–Trinajstić information content (AvgIpc) is 3.87. The van der Waals surface area contributed by atoms with Crippen LogP contribution in [0.1, 0.15) is 66.2 Å². The van der Waals surface area contributed by atoms with Crippen LogP contribution in [0, 0.1) is 35.1 Å². The number of alkyl halides is 2. The number of amides is 2. The van der Waals surface area contributed by atoms with Crippen LogP contribution in [0.4, 0.5) is 28.9 Å². The first-order chi connectivity index (χ1) is 24.6. The predicted octanol–water partition coefficient (Wildman–Crippen LogP) is 9.97. The van der Waals surface area contributed by atoms with Gasteiger partial charge < -0.3 is 0 Å². The van der Waals surface area contributed by atoms with Gasteiger partial charge in [-0.1, -0.05) is 0 Å². The van der Waals surface area contributed by atoms with Crippen LogP contribution in [0.15, 0.2) is 72.9 Å². The summed E-state index contributed by atoms with van der Waals surface area (Å²) in [5.41, 5.74) is -0.296. The molecule has 0 aromatic heterocycles. The third kappa shape index (κ3) is 8.15. The second kappa shape index (κ2) is 18.9. The van der Waals surface area contributed by atoms with Gasteiger partial charge in [0.05, 0.1) is 0 Å². The minimum absolute atomic E-state index is 0.0176. The van der Waals surface area contributed by atoms with E-state index in [-0.39, 0.29) is 36.2 Å². The number of nitrogens with zero attached hydrogens (tertiary/aromatic N) is 2. The SMILES string of the molecule is CCCCN(C(=O)C(CC)CCl)c1ccc(F)[c]([Ti]([c]2c(F)ccc(N(CCCC)C(=O)C(CC)CCl)c2F)([CH]2C=CC=C2)[CH]2C=CC=C2)c1F. The molecule has 51 heavy (non-hydrogen) atoms. The summed E-state index contributed by atoms with van der Waals surface area (Å²) >= 11 is 7.12. The van der Waals surface area contributed by atoms with Crippen LogP contribution < -0.4 is 17.5 Å². The molecule has 2 unspecified atom stereocenters. The Morgan fingerprint density at radius 2 is 1.00 bits per heavy atom. The second-order valence-electron chi connectivity index (χ2n) is 13.2. The van der Waals surface area contributed by atoms with Gasteiger partial charge >= 0.3 is 315 Å². The van der Waals surface area contributed by atoms with E-state index in [4.69, 9.17) is 23.2 Å². The zero-order chi connectivity index (χ0) is 37.3. The van der Waals surface area contributed by atoms with Gasteiger partial charge in [0.1, 0.15) is 0 Å². The van der Waals surface area contributed by atoms with Gasteiger partial charge in [-0.2, -0.15) is 0 Å². The number of halogens is 6. The monoisotopic (exact) mass is 782 g/mol. The maximum absolute atomic E-state index is 17.7. The molecule has 2 amide bonds. The molecule has 2 aromatic carbocycles. The third-order valence-corrected chi connectivity index (χ3v) is 19.4. The molecule has 4 rings (SSSR count). The zero-order valence-corrected chi connectivity index (χ0v) is 32.9. The summed E-state index contributed by atoms with van der Waals surface area (Å²) < 4.78 is 66.7. The number of benzene rings is 2. The Morgan fingerprint density at radius 3 is 1.29 bits per heavy atom. The van der Waals surface area contributed by atoms with Crippen molar-refractivity contribution in [1.82, 2.24) is 0 Å². The summed E-state index contributed by atoms with van der Waals surface area (Å²) in [7, 11) is 0. The summed E-state index contributed by atoms with van der Waals surface area (Å²) in [6.07, 6.45) is 17.2. The first-order valence-electron chi connectivity index (χ1n) is 18.0. The summed E-state index contributed by atoms with van der Waals surface area (Å²) in [6, 6.07) is 4.69. The maximum atomic E-state index is 17.7. The number of rotatable bonds is 18. The molecule has 0 fully saturated rings. The van der Waals surface area contributed by atoms with Crippen LogP contribution in [0.2, 0.25) is 8.45 Å². The molecule has 276 valence electrons. The first-order valence-corrected chi connectivity index (χ1v) is 22.4. The van der Waals surface area contributed by atoms with Crippen LogP contribution in [0.3, 0.4) is 0 Å². The molecule has 2 aliphatic rings. The molecule has 0 bridgehead atoms. The van der Waals surface area contributed by atoms with Crippen molar-refractivity contribution in [3.63, 3.8) is 0 Å². The summed E-state index contributed by atoms with van der Waals surface area (Å²) in [5.74, 6) is -5.88. The number of hydrogen-bond donors (Lipinski definition) is 0. The van der Waals surface area contributed by atoms with E-state index in [0.717, 1.165) is 12.1 Å². The molecule has 0 N–H and O–H groups in total. The Morgan fingerprint density at radius 1 is 0.647 bits per heavy atom. The molecule has 11 heteroatoms. The number of allylic oxidation sites excluding steroid dienone is 8. The summed E-state index contributed by atoms with van der Waals surface area (Å²) in [4.78, 5) is 30.4. The van der Waals surface area contributed by atoms with Crippen LogP contribution in [0.25, 0.3) is 0 Å². The predicted molar refractivity (Wildman–Crippen MR) is 200 cm³/mol. The third-order valence-electron chi connectivity index (χ3n) is 10.2. The number of carbonyl (C=O) groups is 2. The number of unbranched alkanes of at least 4 members (excludes halogenated alkanes) is 2. The van der Waals surface area contributed by atoms with Gasteiger partial charge in [0.25, 0.3) is 0 Å². The Kier molecular flexibility index (Phi) is 15.2. The van der Waals surface area contributed by atoms with E-state index in [0.29, 0.717) is 38.5 Å². The first kappa shape index (κ1) is 41.1. The summed E-state index contributed by atoms with van der Waals surface area (Å²) in [6.45, 7) is 7.82. The van der Waals surface area contributed by atoms with Crippen molar-refractivity contribution in [1.29, 1.82) is 0 Å². The van der Waals surface area contributed by atoms with Gasteiger partial charge in [0, 0.05) is 0 Å². The van der Waals surface area contributed by atoms with Gasteiger partial charge in [-0.3, -0.25) is 0 Å². The number of carbonyl (C=O) groups excluding carboxylic acids is 2. The molecule has 2 aliphatic carbocycles. The van der Waals surface area contributed by atoms with E-state index in [1.807, 2.05) is 27.7 Å². The van der Waals surface area contributed by atoms with E-state index in [2.05, 4.69) is 0 Å². The molecule has 0 heterocycles. The number of hydrogen-bond acceptors (Lipinski definition) is 2. The molecule has 4 nitrogen and oxygen atoms in total. The Balaban J connectivity index is 2.13. The van der Waals surface area contributed by atoms with Gasteiger partial charge in [0.15, 0.2) is 0 Å². The topological polar surface area (TPSA) is 40.6 Å². The quantitative estimate of drug-likeness (QED) is 0.0859. The van der Waals surface area contributed by atoms with Crippen LogP contribution in [0.5, 0.6) is 0 Å². The Bertz CT molecular complexity index is 1530. The van der Waals surface area contributed by atoms with E-state index in [1.54, 1.807) is 48.6 Å². The molecule has 2 aromatic rings.